The van der Waals surface area contributed by atoms with E-state index in [0.717, 1.165) is 30.7 Å². The van der Waals surface area contributed by atoms with Crippen molar-refractivity contribution in [3.8, 4) is 11.5 Å². The van der Waals surface area contributed by atoms with Gasteiger partial charge in [-0.1, -0.05) is 0 Å². The van der Waals surface area contributed by atoms with Gasteiger partial charge in [0.1, 0.15) is 5.75 Å². The van der Waals surface area contributed by atoms with Crippen LogP contribution in [-0.2, 0) is 9.84 Å². The van der Waals surface area contributed by atoms with Gasteiger partial charge < -0.3 is 4.74 Å². The van der Waals surface area contributed by atoms with Crippen molar-refractivity contribution in [2.75, 3.05) is 6.26 Å². The molecule has 0 N–H and O–H groups in total. The molecule has 0 fully saturated rings. The zero-order valence-electron chi connectivity index (χ0n) is 10.7. The molecule has 9 heteroatoms. The zero-order valence-corrected chi connectivity index (χ0v) is 11.5. The Morgan fingerprint density at radius 2 is 2.00 bits per heavy atom. The van der Waals surface area contributed by atoms with Crippen molar-refractivity contribution in [1.82, 2.24) is 4.98 Å². The van der Waals surface area contributed by atoms with E-state index in [1.54, 1.807) is 0 Å². The molecule has 0 saturated heterocycles. The van der Waals surface area contributed by atoms with Gasteiger partial charge in [0.15, 0.2) is 26.4 Å². The first-order chi connectivity index (χ1) is 9.77. The quantitative estimate of drug-likeness (QED) is 0.634. The molecule has 0 aliphatic carbocycles. The highest BCUT2D eigenvalue weighted by atomic mass is 32.2. The van der Waals surface area contributed by atoms with E-state index >= 15 is 0 Å². The van der Waals surface area contributed by atoms with Gasteiger partial charge in [-0.2, -0.15) is 0 Å². The molecule has 0 unspecified atom stereocenters. The third kappa shape index (κ3) is 3.51. The van der Waals surface area contributed by atoms with Crippen LogP contribution in [0.4, 0.5) is 10.1 Å². The first-order valence-corrected chi connectivity index (χ1v) is 7.44. The lowest BCUT2D eigenvalue weighted by Crippen LogP contribution is -2.00. The number of sulfone groups is 1. The van der Waals surface area contributed by atoms with Crippen molar-refractivity contribution in [2.24, 2.45) is 0 Å². The van der Waals surface area contributed by atoms with Crippen LogP contribution in [0.2, 0.25) is 0 Å². The fourth-order valence-corrected chi connectivity index (χ4v) is 2.02. The number of nitro groups is 1. The van der Waals surface area contributed by atoms with Crippen molar-refractivity contribution in [2.45, 2.75) is 5.03 Å². The minimum Gasteiger partial charge on any atom is -0.452 e. The normalized spacial score (nSPS) is 11.1. The third-order valence-electron chi connectivity index (χ3n) is 2.44. The van der Waals surface area contributed by atoms with E-state index in [9.17, 15) is 22.9 Å². The van der Waals surface area contributed by atoms with E-state index in [0.29, 0.717) is 0 Å². The average molecular weight is 312 g/mol. The number of non-ortho nitro benzene ring substituents is 1. The highest BCUT2D eigenvalue weighted by Gasteiger charge is 2.14. The number of benzene rings is 1. The summed E-state index contributed by atoms with van der Waals surface area (Å²) in [6.45, 7) is 0. The molecule has 0 radical (unpaired) electrons. The Hall–Kier alpha value is -2.55. The molecular formula is C12H9FN2O5S. The Morgan fingerprint density at radius 3 is 2.52 bits per heavy atom. The first kappa shape index (κ1) is 14.9. The second kappa shape index (κ2) is 5.44. The Kier molecular flexibility index (Phi) is 3.85. The molecule has 2 aromatic rings. The maximum absolute atomic E-state index is 13.5. The van der Waals surface area contributed by atoms with Crippen molar-refractivity contribution in [1.29, 1.82) is 0 Å². The lowest BCUT2D eigenvalue weighted by atomic mass is 10.3. The smallest absolute Gasteiger partial charge is 0.273 e. The van der Waals surface area contributed by atoms with Gasteiger partial charge in [-0.15, -0.1) is 0 Å². The second-order valence-electron chi connectivity index (χ2n) is 4.08. The van der Waals surface area contributed by atoms with Crippen LogP contribution >= 0.6 is 0 Å². The number of aromatic nitrogens is 1. The predicted octanol–water partition coefficient (Wildman–Crippen LogP) is 2.32. The molecule has 2 rings (SSSR count). The molecule has 0 spiro atoms. The number of halogens is 1. The van der Waals surface area contributed by atoms with Crippen LogP contribution in [0.5, 0.6) is 11.5 Å². The van der Waals surface area contributed by atoms with Crippen molar-refractivity contribution >= 4 is 15.5 Å². The topological polar surface area (TPSA) is 99.4 Å². The number of nitro benzene ring substituents is 1. The van der Waals surface area contributed by atoms with E-state index in [1.807, 2.05) is 0 Å². The SMILES string of the molecule is CS(=O)(=O)c1ccc(Oc2cc([N+](=O)[O-])ccc2F)cn1. The molecule has 110 valence electrons. The molecule has 0 bridgehead atoms. The highest BCUT2D eigenvalue weighted by molar-refractivity contribution is 7.90. The lowest BCUT2D eigenvalue weighted by Gasteiger charge is -2.06. The highest BCUT2D eigenvalue weighted by Crippen LogP contribution is 2.28. The zero-order chi connectivity index (χ0) is 15.6. The van der Waals surface area contributed by atoms with Crippen molar-refractivity contribution < 1.29 is 22.5 Å². The standard InChI is InChI=1S/C12H9FN2O5S/c1-21(18,19)12-5-3-9(7-14-12)20-11-6-8(15(16)17)2-4-10(11)13/h2-7H,1H3. The maximum atomic E-state index is 13.5. The second-order valence-corrected chi connectivity index (χ2v) is 6.04. The van der Waals surface area contributed by atoms with E-state index in [2.05, 4.69) is 4.98 Å². The first-order valence-electron chi connectivity index (χ1n) is 5.55. The Morgan fingerprint density at radius 1 is 1.29 bits per heavy atom. The van der Waals surface area contributed by atoms with Gasteiger partial charge in [0, 0.05) is 12.3 Å². The van der Waals surface area contributed by atoms with Gasteiger partial charge in [0.2, 0.25) is 0 Å². The van der Waals surface area contributed by atoms with E-state index < -0.39 is 20.6 Å². The summed E-state index contributed by atoms with van der Waals surface area (Å²) in [7, 11) is -3.45. The van der Waals surface area contributed by atoms with Crippen molar-refractivity contribution in [3.05, 3.63) is 52.5 Å². The number of nitrogens with zero attached hydrogens (tertiary/aromatic N) is 2. The number of pyridine rings is 1. The molecule has 1 aromatic heterocycles. The molecule has 0 aliphatic heterocycles. The molecule has 0 saturated carbocycles. The van der Waals surface area contributed by atoms with Gasteiger partial charge in [0.25, 0.3) is 5.69 Å². The van der Waals surface area contributed by atoms with Crippen LogP contribution in [0, 0.1) is 15.9 Å². The largest absolute Gasteiger partial charge is 0.452 e. The number of rotatable bonds is 4. The van der Waals surface area contributed by atoms with Crippen LogP contribution in [0.3, 0.4) is 0 Å². The molecule has 7 nitrogen and oxygen atoms in total. The third-order valence-corrected chi connectivity index (χ3v) is 3.44. The minimum atomic E-state index is -3.45. The van der Waals surface area contributed by atoms with Crippen molar-refractivity contribution in [3.63, 3.8) is 0 Å². The van der Waals surface area contributed by atoms with Gasteiger partial charge in [-0.05, 0) is 18.2 Å². The summed E-state index contributed by atoms with van der Waals surface area (Å²) in [6.07, 6.45) is 2.09. The van der Waals surface area contributed by atoms with Crippen LogP contribution < -0.4 is 4.74 Å². The molecule has 0 atom stereocenters. The van der Waals surface area contributed by atoms with Crippen LogP contribution in [0.25, 0.3) is 0 Å². The Labute approximate surface area is 119 Å². The molecule has 21 heavy (non-hydrogen) atoms. The van der Waals surface area contributed by atoms with Crippen LogP contribution in [-0.4, -0.2) is 24.6 Å². The summed E-state index contributed by atoms with van der Waals surface area (Å²) < 4.78 is 41.1. The summed E-state index contributed by atoms with van der Waals surface area (Å²) in [5.41, 5.74) is -0.327. The molecule has 1 aromatic carbocycles. The van der Waals surface area contributed by atoms with Gasteiger partial charge in [-0.25, -0.2) is 17.8 Å². The fourth-order valence-electron chi connectivity index (χ4n) is 1.46. The minimum absolute atomic E-state index is 0.0572. The Bertz CT molecular complexity index is 790. The maximum Gasteiger partial charge on any atom is 0.273 e. The van der Waals surface area contributed by atoms with E-state index in [4.69, 9.17) is 4.74 Å². The number of hydrogen-bond acceptors (Lipinski definition) is 6. The summed E-state index contributed by atoms with van der Waals surface area (Å²) in [5.74, 6) is -1.08. The van der Waals surface area contributed by atoms with Gasteiger partial charge >= 0.3 is 0 Å². The van der Waals surface area contributed by atoms with Crippen LogP contribution in [0.15, 0.2) is 41.6 Å². The predicted molar refractivity (Wildman–Crippen MR) is 70.5 cm³/mol. The average Bonchev–Trinajstić information content (AvgIpc) is 2.40. The number of ether oxygens (including phenoxy) is 1. The summed E-state index contributed by atoms with van der Waals surface area (Å²) in [5, 5.41) is 10.5. The Balaban J connectivity index is 2.30. The molecule has 1 heterocycles. The summed E-state index contributed by atoms with van der Waals surface area (Å²) in [6, 6.07) is 5.32. The summed E-state index contributed by atoms with van der Waals surface area (Å²) in [4.78, 5) is 13.6. The number of hydrogen-bond donors (Lipinski definition) is 0. The molecular weight excluding hydrogens is 303 g/mol. The van der Waals surface area contributed by atoms with Crippen LogP contribution in [0.1, 0.15) is 0 Å². The van der Waals surface area contributed by atoms with E-state index in [-0.39, 0.29) is 22.2 Å². The summed E-state index contributed by atoms with van der Waals surface area (Å²) >= 11 is 0. The molecule has 0 amide bonds. The fraction of sp³-hybridized carbons (Fsp3) is 0.0833. The van der Waals surface area contributed by atoms with Gasteiger partial charge in [0.05, 0.1) is 17.2 Å². The molecule has 0 aliphatic rings. The lowest BCUT2D eigenvalue weighted by molar-refractivity contribution is -0.385. The van der Waals surface area contributed by atoms with E-state index in [1.165, 1.54) is 12.1 Å². The van der Waals surface area contributed by atoms with Gasteiger partial charge in [-0.3, -0.25) is 10.1 Å². The monoisotopic (exact) mass is 312 g/mol.